The van der Waals surface area contributed by atoms with E-state index in [1.54, 1.807) is 17.9 Å². The molecule has 1 amide bonds. The first kappa shape index (κ1) is 15.0. The molecular formula is C16H19N3O2. The quantitative estimate of drug-likeness (QED) is 0.842. The fourth-order valence-corrected chi connectivity index (χ4v) is 2.18. The normalized spacial score (nSPS) is 11.9. The maximum absolute atomic E-state index is 12.6. The molecule has 1 atom stereocenters. The van der Waals surface area contributed by atoms with E-state index >= 15 is 0 Å². The van der Waals surface area contributed by atoms with E-state index in [4.69, 9.17) is 0 Å². The van der Waals surface area contributed by atoms with Crippen LogP contribution < -0.4 is 5.56 Å². The Bertz CT molecular complexity index is 652. The molecule has 0 aliphatic rings. The molecule has 1 unspecified atom stereocenters. The van der Waals surface area contributed by atoms with E-state index < -0.39 is 6.04 Å². The SMILES string of the molecule is CCN(Cc1ccccc1)C(=O)C(C)n1ncccc1=O. The lowest BCUT2D eigenvalue weighted by atomic mass is 10.2. The van der Waals surface area contributed by atoms with Crippen molar-refractivity contribution in [1.29, 1.82) is 0 Å². The standard InChI is InChI=1S/C16H19N3O2/c1-3-18(12-14-8-5-4-6-9-14)16(21)13(2)19-15(20)10-7-11-17-19/h4-11,13H,3,12H2,1-2H3. The zero-order valence-electron chi connectivity index (χ0n) is 12.3. The van der Waals surface area contributed by atoms with E-state index in [9.17, 15) is 9.59 Å². The van der Waals surface area contributed by atoms with Crippen LogP contribution in [0.4, 0.5) is 0 Å². The van der Waals surface area contributed by atoms with Crippen LogP contribution in [0.25, 0.3) is 0 Å². The van der Waals surface area contributed by atoms with Crippen LogP contribution in [0, 0.1) is 0 Å². The van der Waals surface area contributed by atoms with Crippen molar-refractivity contribution in [2.24, 2.45) is 0 Å². The van der Waals surface area contributed by atoms with Crippen LogP contribution in [-0.2, 0) is 11.3 Å². The number of nitrogens with zero attached hydrogens (tertiary/aromatic N) is 3. The van der Waals surface area contributed by atoms with Crippen molar-refractivity contribution in [3.63, 3.8) is 0 Å². The van der Waals surface area contributed by atoms with Gasteiger partial charge in [-0.25, -0.2) is 4.68 Å². The largest absolute Gasteiger partial charge is 0.337 e. The van der Waals surface area contributed by atoms with Gasteiger partial charge in [0.05, 0.1) is 0 Å². The summed E-state index contributed by atoms with van der Waals surface area (Å²) in [5.74, 6) is -0.109. The van der Waals surface area contributed by atoms with E-state index in [1.807, 2.05) is 37.3 Å². The van der Waals surface area contributed by atoms with E-state index in [1.165, 1.54) is 16.9 Å². The first-order valence-corrected chi connectivity index (χ1v) is 7.00. The molecule has 1 aromatic carbocycles. The van der Waals surface area contributed by atoms with Crippen molar-refractivity contribution in [2.75, 3.05) is 6.54 Å². The first-order valence-electron chi connectivity index (χ1n) is 7.00. The Hall–Kier alpha value is -2.43. The molecule has 0 saturated carbocycles. The van der Waals surface area contributed by atoms with E-state index in [0.29, 0.717) is 13.1 Å². The lowest BCUT2D eigenvalue weighted by Crippen LogP contribution is -2.39. The Morgan fingerprint density at radius 1 is 1.24 bits per heavy atom. The molecule has 0 N–H and O–H groups in total. The van der Waals surface area contributed by atoms with Crippen molar-refractivity contribution >= 4 is 5.91 Å². The van der Waals surface area contributed by atoms with Crippen molar-refractivity contribution in [3.8, 4) is 0 Å². The molecule has 5 nitrogen and oxygen atoms in total. The molecule has 0 radical (unpaired) electrons. The molecule has 2 rings (SSSR count). The Labute approximate surface area is 123 Å². The average Bonchev–Trinajstić information content (AvgIpc) is 2.53. The summed E-state index contributed by atoms with van der Waals surface area (Å²) in [4.78, 5) is 26.0. The zero-order valence-corrected chi connectivity index (χ0v) is 12.3. The predicted molar refractivity (Wildman–Crippen MR) is 80.7 cm³/mol. The molecule has 2 aromatic rings. The summed E-state index contributed by atoms with van der Waals surface area (Å²) >= 11 is 0. The summed E-state index contributed by atoms with van der Waals surface area (Å²) in [6.45, 7) is 4.74. The first-order chi connectivity index (χ1) is 10.1. The Morgan fingerprint density at radius 2 is 1.95 bits per heavy atom. The monoisotopic (exact) mass is 285 g/mol. The molecule has 110 valence electrons. The predicted octanol–water partition coefficient (Wildman–Crippen LogP) is 1.85. The van der Waals surface area contributed by atoms with Gasteiger partial charge in [-0.1, -0.05) is 30.3 Å². The van der Waals surface area contributed by atoms with Gasteiger partial charge in [-0.15, -0.1) is 0 Å². The molecule has 1 heterocycles. The van der Waals surface area contributed by atoms with Gasteiger partial charge in [0.25, 0.3) is 5.56 Å². The second-order valence-electron chi connectivity index (χ2n) is 4.82. The fraction of sp³-hybridized carbons (Fsp3) is 0.312. The van der Waals surface area contributed by atoms with E-state index in [-0.39, 0.29) is 11.5 Å². The molecule has 0 saturated heterocycles. The van der Waals surface area contributed by atoms with Crippen LogP contribution in [0.1, 0.15) is 25.5 Å². The van der Waals surface area contributed by atoms with Gasteiger partial charge in [0.15, 0.2) is 0 Å². The Balaban J connectivity index is 2.17. The number of rotatable bonds is 5. The topological polar surface area (TPSA) is 55.2 Å². The lowest BCUT2D eigenvalue weighted by molar-refractivity contribution is -0.135. The smallest absolute Gasteiger partial charge is 0.267 e. The Morgan fingerprint density at radius 3 is 2.57 bits per heavy atom. The number of carbonyl (C=O) groups excluding carboxylic acids is 1. The van der Waals surface area contributed by atoms with Crippen molar-refractivity contribution in [2.45, 2.75) is 26.4 Å². The molecule has 0 spiro atoms. The molecule has 5 heteroatoms. The number of hydrogen-bond donors (Lipinski definition) is 0. The highest BCUT2D eigenvalue weighted by Crippen LogP contribution is 2.10. The van der Waals surface area contributed by atoms with Gasteiger partial charge in [-0.3, -0.25) is 9.59 Å². The van der Waals surface area contributed by atoms with Crippen LogP contribution in [0.3, 0.4) is 0 Å². The molecule has 0 aliphatic heterocycles. The van der Waals surface area contributed by atoms with E-state index in [0.717, 1.165) is 5.56 Å². The number of benzene rings is 1. The van der Waals surface area contributed by atoms with Crippen molar-refractivity contribution < 1.29 is 4.79 Å². The maximum atomic E-state index is 12.6. The number of likely N-dealkylation sites (N-methyl/N-ethyl adjacent to an activating group) is 1. The average molecular weight is 285 g/mol. The second-order valence-corrected chi connectivity index (χ2v) is 4.82. The van der Waals surface area contributed by atoms with Gasteiger partial charge in [0.2, 0.25) is 5.91 Å². The molecule has 0 fully saturated rings. The molecule has 21 heavy (non-hydrogen) atoms. The van der Waals surface area contributed by atoms with Crippen LogP contribution in [0.2, 0.25) is 0 Å². The minimum atomic E-state index is -0.609. The maximum Gasteiger partial charge on any atom is 0.267 e. The lowest BCUT2D eigenvalue weighted by Gasteiger charge is -2.24. The van der Waals surface area contributed by atoms with Gasteiger partial charge >= 0.3 is 0 Å². The number of amides is 1. The zero-order chi connectivity index (χ0) is 15.2. The van der Waals surface area contributed by atoms with Crippen LogP contribution >= 0.6 is 0 Å². The minimum absolute atomic E-state index is 0.109. The third-order valence-electron chi connectivity index (χ3n) is 3.38. The van der Waals surface area contributed by atoms with Gasteiger partial charge in [0, 0.05) is 25.4 Å². The molecule has 1 aromatic heterocycles. The van der Waals surface area contributed by atoms with Crippen LogP contribution in [0.5, 0.6) is 0 Å². The highest BCUT2D eigenvalue weighted by molar-refractivity contribution is 5.79. The van der Waals surface area contributed by atoms with Crippen LogP contribution in [-0.4, -0.2) is 27.1 Å². The van der Waals surface area contributed by atoms with Gasteiger partial charge < -0.3 is 4.90 Å². The summed E-state index contributed by atoms with van der Waals surface area (Å²) in [5.41, 5.74) is 0.794. The number of aromatic nitrogens is 2. The summed E-state index contributed by atoms with van der Waals surface area (Å²) in [5, 5.41) is 3.98. The highest BCUT2D eigenvalue weighted by atomic mass is 16.2. The van der Waals surface area contributed by atoms with Crippen molar-refractivity contribution in [3.05, 3.63) is 64.6 Å². The second kappa shape index (κ2) is 6.83. The molecule has 0 aliphatic carbocycles. The van der Waals surface area contributed by atoms with Gasteiger partial charge in [-0.2, -0.15) is 5.10 Å². The number of carbonyl (C=O) groups is 1. The van der Waals surface area contributed by atoms with E-state index in [2.05, 4.69) is 5.10 Å². The van der Waals surface area contributed by atoms with Crippen molar-refractivity contribution in [1.82, 2.24) is 14.7 Å². The summed E-state index contributed by atoms with van der Waals surface area (Å²) in [6, 6.07) is 12.2. The molecule has 0 bridgehead atoms. The highest BCUT2D eigenvalue weighted by Gasteiger charge is 2.22. The van der Waals surface area contributed by atoms with Gasteiger partial charge in [0.1, 0.15) is 6.04 Å². The summed E-state index contributed by atoms with van der Waals surface area (Å²) < 4.78 is 1.22. The molecular weight excluding hydrogens is 266 g/mol. The van der Waals surface area contributed by atoms with Gasteiger partial charge in [-0.05, 0) is 25.5 Å². The third kappa shape index (κ3) is 3.56. The minimum Gasteiger partial charge on any atom is -0.337 e. The summed E-state index contributed by atoms with van der Waals surface area (Å²) in [7, 11) is 0. The van der Waals surface area contributed by atoms with Crippen LogP contribution in [0.15, 0.2) is 53.5 Å². The fourth-order valence-electron chi connectivity index (χ4n) is 2.18. The summed E-state index contributed by atoms with van der Waals surface area (Å²) in [6.07, 6.45) is 1.51. The third-order valence-corrected chi connectivity index (χ3v) is 3.38. The Kier molecular flexibility index (Phi) is 4.87. The number of hydrogen-bond acceptors (Lipinski definition) is 3.